The van der Waals surface area contributed by atoms with E-state index in [-0.39, 0.29) is 83.8 Å². The number of ether oxygens (including phenoxy) is 1. The lowest BCUT2D eigenvalue weighted by atomic mass is 9.85. The number of thiazole rings is 1. The fraction of sp³-hybridized carbons (Fsp3) is 0.473. The third-order valence-corrected chi connectivity index (χ3v) is 17.0. The number of carbonyl (C=O) groups excluding carboxylic acids is 4. The predicted molar refractivity (Wildman–Crippen MR) is 293 cm³/mol. The van der Waals surface area contributed by atoms with Gasteiger partial charge in [-0.1, -0.05) is 68.8 Å². The second-order valence-corrected chi connectivity index (χ2v) is 24.8. The number of hydrogen-bond donors (Lipinski definition) is 5. The van der Waals surface area contributed by atoms with Crippen LogP contribution in [0.25, 0.3) is 10.4 Å². The molecule has 2 aliphatic rings. The van der Waals surface area contributed by atoms with Gasteiger partial charge in [0.2, 0.25) is 29.6 Å². The van der Waals surface area contributed by atoms with Crippen LogP contribution in [-0.4, -0.2) is 111 Å². The summed E-state index contributed by atoms with van der Waals surface area (Å²) in [6.07, 6.45) is 2.41. The Kier molecular flexibility index (Phi) is 18.3. The fourth-order valence-corrected chi connectivity index (χ4v) is 11.6. The highest BCUT2D eigenvalue weighted by Crippen LogP contribution is 2.39. The van der Waals surface area contributed by atoms with Gasteiger partial charge < -0.3 is 40.9 Å². The number of nitrogens with one attached hydrogen (secondary N) is 4. The van der Waals surface area contributed by atoms with Crippen molar-refractivity contribution in [3.05, 3.63) is 99.8 Å². The van der Waals surface area contributed by atoms with Gasteiger partial charge in [0, 0.05) is 45.4 Å². The summed E-state index contributed by atoms with van der Waals surface area (Å²) >= 11 is 8.09. The van der Waals surface area contributed by atoms with E-state index in [2.05, 4.69) is 36.2 Å². The maximum absolute atomic E-state index is 14.2. The van der Waals surface area contributed by atoms with Crippen molar-refractivity contribution in [1.82, 2.24) is 35.4 Å². The Labute approximate surface area is 449 Å². The van der Waals surface area contributed by atoms with E-state index in [0.717, 1.165) is 45.7 Å². The molecule has 2 saturated heterocycles. The van der Waals surface area contributed by atoms with Crippen molar-refractivity contribution in [2.45, 2.75) is 148 Å². The van der Waals surface area contributed by atoms with Gasteiger partial charge in [0.15, 0.2) is 15.7 Å². The number of hydrogen-bond acceptors (Lipinski definition) is 14. The number of sulfone groups is 1. The van der Waals surface area contributed by atoms with E-state index < -0.39 is 44.6 Å². The van der Waals surface area contributed by atoms with Crippen LogP contribution in [0, 0.1) is 19.3 Å². The van der Waals surface area contributed by atoms with Crippen LogP contribution in [0.1, 0.15) is 115 Å². The Balaban J connectivity index is 0.911. The molecule has 5 N–H and O–H groups in total. The second-order valence-electron chi connectivity index (χ2n) is 21.1. The van der Waals surface area contributed by atoms with Crippen LogP contribution in [0.5, 0.6) is 5.75 Å². The van der Waals surface area contributed by atoms with Crippen molar-refractivity contribution >= 4 is 79.5 Å². The first kappa shape index (κ1) is 56.6. The van der Waals surface area contributed by atoms with Crippen LogP contribution in [0.4, 0.5) is 23.1 Å². The van der Waals surface area contributed by atoms with E-state index in [0.29, 0.717) is 36.6 Å². The van der Waals surface area contributed by atoms with Gasteiger partial charge in [-0.3, -0.25) is 19.2 Å². The largest absolute Gasteiger partial charge is 0.489 e. The number of halogens is 1. The molecule has 0 unspecified atom stereocenters. The Morgan fingerprint density at radius 2 is 1.64 bits per heavy atom. The molecule has 75 heavy (non-hydrogen) atoms. The standard InChI is InChI=1S/C55H70ClN9O8S2/c1-32(2)73-45-27-40(34(5)25-43(45)61-54-58-29-41(56)51(63-54)60-42-13-10-11-14-46(42)75(71,72)33(3)4)37-21-23-64(24-22-37)48(68)16-12-15-47(67)62-50(55(7,8)9)53(70)65-30-39(66)26-44(65)52(69)57-28-36-17-19-38(20-18-36)49-35(6)59-31-74-49/h10-11,13-14,17-20,25,27,29,31-33,37,39,44,50,66H,12,15-16,21-24,26,28,30H2,1-9H3,(H,57,69)(H,62,67)(H2,58,60,61,63)/t39-,44+,50+/m0/s1. The van der Waals surface area contributed by atoms with Gasteiger partial charge >= 0.3 is 0 Å². The van der Waals surface area contributed by atoms with Gasteiger partial charge in [-0.2, -0.15) is 4.98 Å². The Morgan fingerprint density at radius 3 is 2.29 bits per heavy atom. The number of rotatable bonds is 19. The lowest BCUT2D eigenvalue weighted by molar-refractivity contribution is -0.144. The first-order valence-electron chi connectivity index (χ1n) is 25.5. The average Bonchev–Trinajstić information content (AvgIpc) is 3.98. The third kappa shape index (κ3) is 14.0. The molecule has 4 heterocycles. The van der Waals surface area contributed by atoms with Crippen LogP contribution >= 0.6 is 22.9 Å². The molecule has 20 heteroatoms. The number of aromatic nitrogens is 3. The highest BCUT2D eigenvalue weighted by molar-refractivity contribution is 7.92. The van der Waals surface area contributed by atoms with E-state index in [1.807, 2.05) is 95.3 Å². The number of aliphatic hydroxyl groups is 1. The van der Waals surface area contributed by atoms with E-state index in [1.54, 1.807) is 49.4 Å². The Morgan fingerprint density at radius 1 is 0.933 bits per heavy atom. The Hall–Kier alpha value is -6.15. The van der Waals surface area contributed by atoms with Gasteiger partial charge in [0.1, 0.15) is 22.9 Å². The molecule has 0 bridgehead atoms. The zero-order chi connectivity index (χ0) is 54.4. The zero-order valence-corrected chi connectivity index (χ0v) is 46.6. The molecule has 5 aromatic rings. The first-order chi connectivity index (χ1) is 35.5. The van der Waals surface area contributed by atoms with Gasteiger partial charge in [-0.05, 0) is 119 Å². The number of likely N-dealkylation sites (tertiary alicyclic amines) is 2. The van der Waals surface area contributed by atoms with E-state index >= 15 is 0 Å². The SMILES string of the molecule is Cc1cc(Nc2ncc(Cl)c(Nc3ccccc3S(=O)(=O)C(C)C)n2)c(OC(C)C)cc1C1CCN(C(=O)CCCC(=O)N[C@H](C(=O)N2C[C@@H](O)C[C@@H]2C(=O)NCc2ccc(-c3scnc3C)cc2)C(C)(C)C)CC1. The summed E-state index contributed by atoms with van der Waals surface area (Å²) in [5, 5.41) is 22.5. The minimum absolute atomic E-state index is 0.0314. The number of aryl methyl sites for hydroxylation is 2. The maximum atomic E-state index is 14.2. The second kappa shape index (κ2) is 24.2. The lowest BCUT2D eigenvalue weighted by Crippen LogP contribution is -2.57. The smallest absolute Gasteiger partial charge is 0.246 e. The molecule has 2 aliphatic heterocycles. The summed E-state index contributed by atoms with van der Waals surface area (Å²) in [6, 6.07) is 16.6. The topological polar surface area (TPSA) is 225 Å². The fourth-order valence-electron chi connectivity index (χ4n) is 9.44. The van der Waals surface area contributed by atoms with Crippen molar-refractivity contribution in [2.24, 2.45) is 5.41 Å². The molecule has 402 valence electrons. The van der Waals surface area contributed by atoms with E-state index in [1.165, 1.54) is 11.1 Å². The van der Waals surface area contributed by atoms with Crippen LogP contribution in [0.3, 0.4) is 0 Å². The van der Waals surface area contributed by atoms with Crippen LogP contribution in [0.2, 0.25) is 5.02 Å². The number of nitrogens with zero attached hydrogens (tertiary/aromatic N) is 5. The molecule has 7 rings (SSSR count). The molecular weight excluding hydrogens is 1010 g/mol. The molecule has 17 nitrogen and oxygen atoms in total. The maximum Gasteiger partial charge on any atom is 0.246 e. The number of carbonyl (C=O) groups is 4. The van der Waals surface area contributed by atoms with Crippen LogP contribution in [0.15, 0.2) is 77.3 Å². The number of anilines is 4. The number of para-hydroxylation sites is 1. The predicted octanol–water partition coefficient (Wildman–Crippen LogP) is 9.01. The molecule has 0 spiro atoms. The summed E-state index contributed by atoms with van der Waals surface area (Å²) < 4.78 is 32.6. The summed E-state index contributed by atoms with van der Waals surface area (Å²) in [5.74, 6) is -0.0582. The third-order valence-electron chi connectivity index (χ3n) is 13.6. The number of β-amino-alcohol motifs (C(OH)–C–C–N with tert-alkyl or cyclic N) is 1. The van der Waals surface area contributed by atoms with E-state index in [4.69, 9.17) is 16.3 Å². The van der Waals surface area contributed by atoms with Gasteiger partial charge in [-0.15, -0.1) is 11.3 Å². The molecular formula is C55H70ClN9O8S2. The van der Waals surface area contributed by atoms with E-state index in [9.17, 15) is 32.7 Å². The molecule has 2 fully saturated rings. The lowest BCUT2D eigenvalue weighted by Gasteiger charge is -2.35. The quantitative estimate of drug-likeness (QED) is 0.0521. The normalized spacial score (nSPS) is 16.8. The summed E-state index contributed by atoms with van der Waals surface area (Å²) in [7, 11) is -3.61. The number of benzene rings is 3. The van der Waals surface area contributed by atoms with Crippen LogP contribution in [-0.2, 0) is 35.6 Å². The molecule has 0 saturated carbocycles. The van der Waals surface area contributed by atoms with Crippen molar-refractivity contribution in [1.29, 1.82) is 0 Å². The number of piperidine rings is 1. The summed E-state index contributed by atoms with van der Waals surface area (Å²) in [4.78, 5) is 72.5. The minimum atomic E-state index is -3.61. The molecule has 3 atom stereocenters. The van der Waals surface area contributed by atoms with Gasteiger partial charge in [0.25, 0.3) is 0 Å². The van der Waals surface area contributed by atoms with Crippen molar-refractivity contribution < 1.29 is 37.4 Å². The minimum Gasteiger partial charge on any atom is -0.489 e. The van der Waals surface area contributed by atoms with Gasteiger partial charge in [0.05, 0.1) is 56.0 Å². The number of aliphatic hydroxyl groups excluding tert-OH is 1. The summed E-state index contributed by atoms with van der Waals surface area (Å²) in [5.41, 5.74) is 7.05. The van der Waals surface area contributed by atoms with Crippen molar-refractivity contribution in [3.8, 4) is 16.2 Å². The molecule has 2 aromatic heterocycles. The zero-order valence-electron chi connectivity index (χ0n) is 44.2. The molecule has 0 aliphatic carbocycles. The monoisotopic (exact) mass is 1080 g/mol. The molecule has 3 aromatic carbocycles. The van der Waals surface area contributed by atoms with Crippen molar-refractivity contribution in [3.63, 3.8) is 0 Å². The van der Waals surface area contributed by atoms with Crippen LogP contribution < -0.4 is 26.0 Å². The highest BCUT2D eigenvalue weighted by Gasteiger charge is 2.44. The first-order valence-corrected chi connectivity index (χ1v) is 28.3. The highest BCUT2D eigenvalue weighted by atomic mass is 35.5. The Bertz CT molecular complexity index is 2970. The van der Waals surface area contributed by atoms with Crippen molar-refractivity contribution in [2.75, 3.05) is 30.3 Å². The molecule has 0 radical (unpaired) electrons. The van der Waals surface area contributed by atoms with Gasteiger partial charge in [-0.25, -0.2) is 18.4 Å². The summed E-state index contributed by atoms with van der Waals surface area (Å²) in [6.45, 7) is 17.9. The molecule has 4 amide bonds. The number of amides is 4. The average molecular weight is 1080 g/mol.